The van der Waals surface area contributed by atoms with Crippen molar-refractivity contribution in [3.63, 3.8) is 0 Å². The van der Waals surface area contributed by atoms with E-state index in [1.165, 1.54) is 12.8 Å². The molecule has 2 N–H and O–H groups in total. The molecule has 1 aliphatic rings. The largest absolute Gasteiger partial charge is 0.316 e. The normalized spacial score (nSPS) is 20.9. The van der Waals surface area contributed by atoms with Gasteiger partial charge in [-0.25, -0.2) is 4.98 Å². The van der Waals surface area contributed by atoms with Gasteiger partial charge < -0.3 is 10.6 Å². The van der Waals surface area contributed by atoms with Crippen LogP contribution in [0, 0.1) is 5.92 Å². The molecule has 0 saturated carbocycles. The molecule has 0 aromatic carbocycles. The van der Waals surface area contributed by atoms with Gasteiger partial charge in [-0.15, -0.1) is 0 Å². The molecular formula is C11H17ClN4. The summed E-state index contributed by atoms with van der Waals surface area (Å²) in [5.41, 5.74) is 0.827. The number of nitrogens with zero attached hydrogens (tertiary/aromatic N) is 2. The molecule has 2 rings (SSSR count). The van der Waals surface area contributed by atoms with Crippen molar-refractivity contribution in [2.24, 2.45) is 5.92 Å². The molecule has 0 aliphatic carbocycles. The monoisotopic (exact) mass is 240 g/mol. The summed E-state index contributed by atoms with van der Waals surface area (Å²) in [4.78, 5) is 8.18. The zero-order valence-corrected chi connectivity index (χ0v) is 10.0. The van der Waals surface area contributed by atoms with E-state index in [1.807, 2.05) is 0 Å². The molecule has 1 aromatic rings. The van der Waals surface area contributed by atoms with Gasteiger partial charge in [0.15, 0.2) is 5.15 Å². The lowest BCUT2D eigenvalue weighted by Gasteiger charge is -2.22. The molecular weight excluding hydrogens is 224 g/mol. The summed E-state index contributed by atoms with van der Waals surface area (Å²) in [7, 11) is 0. The maximum absolute atomic E-state index is 5.92. The van der Waals surface area contributed by atoms with Crippen molar-refractivity contribution < 1.29 is 0 Å². The Morgan fingerprint density at radius 1 is 1.44 bits per heavy atom. The average Bonchev–Trinajstić information content (AvgIpc) is 2.33. The summed E-state index contributed by atoms with van der Waals surface area (Å²) in [5.74, 6) is 0.726. The second-order valence-electron chi connectivity index (χ2n) is 4.14. The second kappa shape index (κ2) is 6.13. The van der Waals surface area contributed by atoms with Crippen molar-refractivity contribution in [3.05, 3.63) is 23.2 Å². The van der Waals surface area contributed by atoms with E-state index in [-0.39, 0.29) is 0 Å². The standard InChI is InChI=1S/C11H17ClN4/c12-11-10(15-4-5-16-11)8-14-7-9-2-1-3-13-6-9/h4-5,9,13-14H,1-3,6-8H2/t9-/m0/s1. The molecule has 1 saturated heterocycles. The zero-order chi connectivity index (χ0) is 11.2. The second-order valence-corrected chi connectivity index (χ2v) is 4.50. The van der Waals surface area contributed by atoms with E-state index in [0.29, 0.717) is 11.7 Å². The van der Waals surface area contributed by atoms with Crippen molar-refractivity contribution in [2.45, 2.75) is 19.4 Å². The van der Waals surface area contributed by atoms with Gasteiger partial charge in [-0.1, -0.05) is 11.6 Å². The van der Waals surface area contributed by atoms with Crippen LogP contribution in [0.4, 0.5) is 0 Å². The lowest BCUT2D eigenvalue weighted by Crippen LogP contribution is -2.35. The maximum atomic E-state index is 5.92. The van der Waals surface area contributed by atoms with Gasteiger partial charge in [-0.05, 0) is 38.4 Å². The molecule has 1 aliphatic heterocycles. The summed E-state index contributed by atoms with van der Waals surface area (Å²) in [6.07, 6.45) is 5.86. The predicted octanol–water partition coefficient (Wildman–Crippen LogP) is 1.22. The first-order valence-corrected chi connectivity index (χ1v) is 6.11. The van der Waals surface area contributed by atoms with Crippen LogP contribution in [0.15, 0.2) is 12.4 Å². The molecule has 0 amide bonds. The minimum atomic E-state index is 0.497. The fourth-order valence-corrected chi connectivity index (χ4v) is 2.13. The Morgan fingerprint density at radius 3 is 3.06 bits per heavy atom. The summed E-state index contributed by atoms with van der Waals surface area (Å²) in [6.45, 7) is 3.98. The fraction of sp³-hybridized carbons (Fsp3) is 0.636. The van der Waals surface area contributed by atoms with Crippen LogP contribution in [-0.2, 0) is 6.54 Å². The molecule has 88 valence electrons. The van der Waals surface area contributed by atoms with Crippen molar-refractivity contribution in [3.8, 4) is 0 Å². The maximum Gasteiger partial charge on any atom is 0.151 e. The SMILES string of the molecule is Clc1nccnc1CNC[C@H]1CCCNC1. The molecule has 1 aromatic heterocycles. The summed E-state index contributed by atoms with van der Waals surface area (Å²) >= 11 is 5.92. The van der Waals surface area contributed by atoms with E-state index in [9.17, 15) is 0 Å². The summed E-state index contributed by atoms with van der Waals surface area (Å²) < 4.78 is 0. The first-order valence-electron chi connectivity index (χ1n) is 5.73. The molecule has 0 bridgehead atoms. The van der Waals surface area contributed by atoms with Gasteiger partial charge in [-0.3, -0.25) is 4.98 Å². The van der Waals surface area contributed by atoms with Crippen LogP contribution < -0.4 is 10.6 Å². The smallest absolute Gasteiger partial charge is 0.151 e. The third-order valence-corrected chi connectivity index (χ3v) is 3.16. The topological polar surface area (TPSA) is 49.8 Å². The highest BCUT2D eigenvalue weighted by molar-refractivity contribution is 6.29. The highest BCUT2D eigenvalue weighted by Gasteiger charge is 2.12. The lowest BCUT2D eigenvalue weighted by molar-refractivity contribution is 0.359. The van der Waals surface area contributed by atoms with E-state index in [4.69, 9.17) is 11.6 Å². The zero-order valence-electron chi connectivity index (χ0n) is 9.25. The van der Waals surface area contributed by atoms with E-state index in [2.05, 4.69) is 20.6 Å². The Balaban J connectivity index is 1.73. The molecule has 0 spiro atoms. The minimum absolute atomic E-state index is 0.497. The number of hydrogen-bond donors (Lipinski definition) is 2. The van der Waals surface area contributed by atoms with E-state index < -0.39 is 0 Å². The predicted molar refractivity (Wildman–Crippen MR) is 64.3 cm³/mol. The van der Waals surface area contributed by atoms with Gasteiger partial charge >= 0.3 is 0 Å². The first kappa shape index (κ1) is 11.8. The van der Waals surface area contributed by atoms with Gasteiger partial charge in [0.1, 0.15) is 0 Å². The van der Waals surface area contributed by atoms with Gasteiger partial charge in [0, 0.05) is 18.9 Å². The van der Waals surface area contributed by atoms with Crippen molar-refractivity contribution in [1.82, 2.24) is 20.6 Å². The number of hydrogen-bond acceptors (Lipinski definition) is 4. The van der Waals surface area contributed by atoms with E-state index in [0.717, 1.165) is 31.2 Å². The number of rotatable bonds is 4. The average molecular weight is 241 g/mol. The van der Waals surface area contributed by atoms with Crippen LogP contribution in [-0.4, -0.2) is 29.6 Å². The summed E-state index contributed by atoms with van der Waals surface area (Å²) in [6, 6.07) is 0. The first-order chi connectivity index (χ1) is 7.86. The van der Waals surface area contributed by atoms with Crippen LogP contribution in [0.2, 0.25) is 5.15 Å². The molecule has 5 heteroatoms. The number of halogens is 1. The highest BCUT2D eigenvalue weighted by atomic mass is 35.5. The van der Waals surface area contributed by atoms with E-state index >= 15 is 0 Å². The Kier molecular flexibility index (Phi) is 4.51. The Morgan fingerprint density at radius 2 is 2.31 bits per heavy atom. The van der Waals surface area contributed by atoms with Crippen molar-refractivity contribution in [1.29, 1.82) is 0 Å². The Bertz CT molecular complexity index is 326. The van der Waals surface area contributed by atoms with Crippen LogP contribution in [0.25, 0.3) is 0 Å². The lowest BCUT2D eigenvalue weighted by atomic mass is 10.00. The third-order valence-electron chi connectivity index (χ3n) is 2.85. The quantitative estimate of drug-likeness (QED) is 0.831. The van der Waals surface area contributed by atoms with Gasteiger partial charge in [-0.2, -0.15) is 0 Å². The van der Waals surface area contributed by atoms with Crippen LogP contribution >= 0.6 is 11.6 Å². The third kappa shape index (κ3) is 3.40. The number of aromatic nitrogens is 2. The van der Waals surface area contributed by atoms with Gasteiger partial charge in [0.05, 0.1) is 5.69 Å². The van der Waals surface area contributed by atoms with Gasteiger partial charge in [0.2, 0.25) is 0 Å². The highest BCUT2D eigenvalue weighted by Crippen LogP contribution is 2.10. The molecule has 0 radical (unpaired) electrons. The fourth-order valence-electron chi connectivity index (χ4n) is 1.96. The molecule has 2 heterocycles. The van der Waals surface area contributed by atoms with Gasteiger partial charge in [0.25, 0.3) is 0 Å². The van der Waals surface area contributed by atoms with Crippen LogP contribution in [0.1, 0.15) is 18.5 Å². The van der Waals surface area contributed by atoms with E-state index in [1.54, 1.807) is 12.4 Å². The summed E-state index contributed by atoms with van der Waals surface area (Å²) in [5, 5.41) is 7.28. The molecule has 0 unspecified atom stereocenters. The Hall–Kier alpha value is -0.710. The van der Waals surface area contributed by atoms with Crippen LogP contribution in [0.3, 0.4) is 0 Å². The number of nitrogens with one attached hydrogen (secondary N) is 2. The Labute approximate surface area is 101 Å². The minimum Gasteiger partial charge on any atom is -0.316 e. The van der Waals surface area contributed by atoms with Crippen molar-refractivity contribution in [2.75, 3.05) is 19.6 Å². The molecule has 16 heavy (non-hydrogen) atoms. The molecule has 1 atom stereocenters. The molecule has 1 fully saturated rings. The molecule has 4 nitrogen and oxygen atoms in total. The van der Waals surface area contributed by atoms with Crippen molar-refractivity contribution >= 4 is 11.6 Å². The number of piperidine rings is 1. The van der Waals surface area contributed by atoms with Crippen LogP contribution in [0.5, 0.6) is 0 Å².